The van der Waals surface area contributed by atoms with Crippen molar-refractivity contribution in [3.05, 3.63) is 41.5 Å². The van der Waals surface area contributed by atoms with E-state index in [0.717, 1.165) is 5.56 Å². The highest BCUT2D eigenvalue weighted by molar-refractivity contribution is 5.88. The number of hydrogen-bond acceptors (Lipinski definition) is 3. The molecule has 0 saturated carbocycles. The zero-order valence-corrected chi connectivity index (χ0v) is 7.29. The summed E-state index contributed by atoms with van der Waals surface area (Å²) in [5, 5.41) is 19.6. The molecule has 0 bridgehead atoms. The predicted molar refractivity (Wildman–Crippen MR) is 52.7 cm³/mol. The van der Waals surface area contributed by atoms with Crippen LogP contribution in [0.25, 0.3) is 6.08 Å². The van der Waals surface area contributed by atoms with Gasteiger partial charge in [0, 0.05) is 0 Å². The Balaban J connectivity index is 2.89. The van der Waals surface area contributed by atoms with Gasteiger partial charge < -0.3 is 10.3 Å². The Morgan fingerprint density at radius 3 is 2.86 bits per heavy atom. The third-order valence-electron chi connectivity index (χ3n) is 1.57. The van der Waals surface area contributed by atoms with Crippen molar-refractivity contribution in [3.63, 3.8) is 0 Å². The van der Waals surface area contributed by atoms with Gasteiger partial charge in [0.25, 0.3) is 0 Å². The molecular weight excluding hydrogens is 182 g/mol. The van der Waals surface area contributed by atoms with Crippen LogP contribution in [-0.4, -0.2) is 22.5 Å². The molecule has 0 radical (unpaired) electrons. The van der Waals surface area contributed by atoms with E-state index in [9.17, 15) is 4.79 Å². The molecule has 0 aliphatic rings. The summed E-state index contributed by atoms with van der Waals surface area (Å²) in [4.78, 5) is 10.6. The molecule has 0 atom stereocenters. The van der Waals surface area contributed by atoms with Crippen LogP contribution in [-0.2, 0) is 0 Å². The highest BCUT2D eigenvalue weighted by Gasteiger charge is 2.00. The maximum Gasteiger partial charge on any atom is 0.335 e. The van der Waals surface area contributed by atoms with E-state index in [-0.39, 0.29) is 5.56 Å². The summed E-state index contributed by atoms with van der Waals surface area (Å²) in [6.45, 7) is 0. The average molecular weight is 191 g/mol. The number of rotatable bonds is 3. The molecule has 4 nitrogen and oxygen atoms in total. The molecule has 4 heteroatoms. The standard InChI is InChI=1S/C10H9NO3/c12-10(13)9-5-1-3-8(7-9)4-2-6-11-14/h1-7,14H,(H,12,13). The summed E-state index contributed by atoms with van der Waals surface area (Å²) in [5.74, 6) is -0.962. The van der Waals surface area contributed by atoms with Gasteiger partial charge in [0.15, 0.2) is 0 Å². The Morgan fingerprint density at radius 2 is 2.21 bits per heavy atom. The van der Waals surface area contributed by atoms with E-state index in [1.807, 2.05) is 0 Å². The maximum atomic E-state index is 10.6. The summed E-state index contributed by atoms with van der Waals surface area (Å²) in [7, 11) is 0. The molecule has 0 aliphatic heterocycles. The van der Waals surface area contributed by atoms with Gasteiger partial charge in [-0.2, -0.15) is 0 Å². The first-order valence-corrected chi connectivity index (χ1v) is 3.91. The Hall–Kier alpha value is -2.10. The molecule has 0 heterocycles. The zero-order chi connectivity index (χ0) is 10.4. The second-order valence-corrected chi connectivity index (χ2v) is 2.55. The molecule has 1 aromatic carbocycles. The first-order chi connectivity index (χ1) is 6.74. The molecule has 2 N–H and O–H groups in total. The fourth-order valence-electron chi connectivity index (χ4n) is 0.968. The average Bonchev–Trinajstić information content (AvgIpc) is 2.19. The van der Waals surface area contributed by atoms with E-state index in [4.69, 9.17) is 10.3 Å². The lowest BCUT2D eigenvalue weighted by Gasteiger charge is -1.95. The van der Waals surface area contributed by atoms with Crippen LogP contribution in [0, 0.1) is 0 Å². The van der Waals surface area contributed by atoms with Crippen molar-refractivity contribution < 1.29 is 15.1 Å². The summed E-state index contributed by atoms with van der Waals surface area (Å²) in [5.41, 5.74) is 0.970. The van der Waals surface area contributed by atoms with E-state index < -0.39 is 5.97 Å². The fraction of sp³-hybridized carbons (Fsp3) is 0. The van der Waals surface area contributed by atoms with E-state index in [1.165, 1.54) is 24.4 Å². The second-order valence-electron chi connectivity index (χ2n) is 2.55. The lowest BCUT2D eigenvalue weighted by molar-refractivity contribution is 0.0697. The lowest BCUT2D eigenvalue weighted by atomic mass is 10.1. The van der Waals surface area contributed by atoms with E-state index in [2.05, 4.69) is 5.16 Å². The molecule has 0 amide bonds. The van der Waals surface area contributed by atoms with Crippen molar-refractivity contribution in [1.29, 1.82) is 0 Å². The smallest absolute Gasteiger partial charge is 0.335 e. The molecule has 0 unspecified atom stereocenters. The van der Waals surface area contributed by atoms with Gasteiger partial charge in [-0.05, 0) is 23.8 Å². The van der Waals surface area contributed by atoms with Gasteiger partial charge in [-0.25, -0.2) is 4.79 Å². The molecule has 72 valence electrons. The van der Waals surface area contributed by atoms with Crippen molar-refractivity contribution in [2.24, 2.45) is 5.16 Å². The van der Waals surface area contributed by atoms with Crippen LogP contribution in [0.3, 0.4) is 0 Å². The van der Waals surface area contributed by atoms with Gasteiger partial charge in [-0.3, -0.25) is 0 Å². The third-order valence-corrected chi connectivity index (χ3v) is 1.57. The lowest BCUT2D eigenvalue weighted by Crippen LogP contribution is -1.95. The number of carboxylic acid groups (broad SMARTS) is 1. The van der Waals surface area contributed by atoms with Gasteiger partial charge in [-0.15, -0.1) is 0 Å². The maximum absolute atomic E-state index is 10.6. The summed E-state index contributed by atoms with van der Waals surface area (Å²) < 4.78 is 0. The summed E-state index contributed by atoms with van der Waals surface area (Å²) >= 11 is 0. The summed E-state index contributed by atoms with van der Waals surface area (Å²) in [6, 6.07) is 6.46. The Morgan fingerprint density at radius 1 is 1.43 bits per heavy atom. The van der Waals surface area contributed by atoms with Crippen molar-refractivity contribution in [3.8, 4) is 0 Å². The first-order valence-electron chi connectivity index (χ1n) is 3.91. The minimum atomic E-state index is -0.962. The van der Waals surface area contributed by atoms with E-state index in [0.29, 0.717) is 0 Å². The SMILES string of the molecule is O=C(O)c1cccc(C=CC=NO)c1. The van der Waals surface area contributed by atoms with Crippen molar-refractivity contribution in [2.75, 3.05) is 0 Å². The number of nitrogens with zero attached hydrogens (tertiary/aromatic N) is 1. The van der Waals surface area contributed by atoms with Gasteiger partial charge in [0.1, 0.15) is 0 Å². The highest BCUT2D eigenvalue weighted by Crippen LogP contribution is 2.06. The van der Waals surface area contributed by atoms with Crippen LogP contribution in [0.15, 0.2) is 35.5 Å². The van der Waals surface area contributed by atoms with Crippen LogP contribution in [0.1, 0.15) is 15.9 Å². The molecule has 0 spiro atoms. The molecule has 1 rings (SSSR count). The van der Waals surface area contributed by atoms with Crippen molar-refractivity contribution in [1.82, 2.24) is 0 Å². The molecular formula is C10H9NO3. The Bertz CT molecular complexity index is 383. The number of carboxylic acids is 1. The fourth-order valence-corrected chi connectivity index (χ4v) is 0.968. The van der Waals surface area contributed by atoms with Gasteiger partial charge in [-0.1, -0.05) is 23.4 Å². The number of allylic oxidation sites excluding steroid dienone is 1. The predicted octanol–water partition coefficient (Wildman–Crippen LogP) is 1.86. The minimum absolute atomic E-state index is 0.230. The van der Waals surface area contributed by atoms with Crippen LogP contribution in [0.5, 0.6) is 0 Å². The van der Waals surface area contributed by atoms with Crippen LogP contribution in [0.2, 0.25) is 0 Å². The zero-order valence-electron chi connectivity index (χ0n) is 7.29. The van der Waals surface area contributed by atoms with Crippen LogP contribution < -0.4 is 0 Å². The molecule has 0 fully saturated rings. The molecule has 0 aromatic heterocycles. The van der Waals surface area contributed by atoms with Gasteiger partial charge in [0.05, 0.1) is 11.8 Å². The molecule has 14 heavy (non-hydrogen) atoms. The molecule has 1 aromatic rings. The second kappa shape index (κ2) is 4.81. The van der Waals surface area contributed by atoms with Crippen molar-refractivity contribution >= 4 is 18.3 Å². The Kier molecular flexibility index (Phi) is 3.43. The number of benzene rings is 1. The van der Waals surface area contributed by atoms with Gasteiger partial charge in [0.2, 0.25) is 0 Å². The van der Waals surface area contributed by atoms with E-state index in [1.54, 1.807) is 18.2 Å². The normalized spacial score (nSPS) is 11.1. The quantitative estimate of drug-likeness (QED) is 0.435. The first kappa shape index (κ1) is 9.98. The Labute approximate surface area is 80.8 Å². The van der Waals surface area contributed by atoms with Crippen molar-refractivity contribution in [2.45, 2.75) is 0 Å². The topological polar surface area (TPSA) is 69.9 Å². The van der Waals surface area contributed by atoms with Gasteiger partial charge >= 0.3 is 5.97 Å². The number of hydrogen-bond donors (Lipinski definition) is 2. The highest BCUT2D eigenvalue weighted by atomic mass is 16.4. The van der Waals surface area contributed by atoms with Crippen LogP contribution in [0.4, 0.5) is 0 Å². The third kappa shape index (κ3) is 2.75. The molecule has 0 aliphatic carbocycles. The minimum Gasteiger partial charge on any atom is -0.478 e. The number of carbonyl (C=O) groups is 1. The van der Waals surface area contributed by atoms with Crippen LogP contribution >= 0.6 is 0 Å². The summed E-state index contributed by atoms with van der Waals surface area (Å²) in [6.07, 6.45) is 4.36. The largest absolute Gasteiger partial charge is 0.478 e. The number of oxime groups is 1. The van der Waals surface area contributed by atoms with E-state index >= 15 is 0 Å². The molecule has 0 saturated heterocycles. The monoisotopic (exact) mass is 191 g/mol. The number of aromatic carboxylic acids is 1.